The van der Waals surface area contributed by atoms with Gasteiger partial charge in [0.25, 0.3) is 0 Å². The van der Waals surface area contributed by atoms with Crippen LogP contribution in [0.2, 0.25) is 0 Å². The number of rotatable bonds is 7. The SMILES string of the molecule is CC=C(CCC=C(C)C)CC(=O)CCC. The van der Waals surface area contributed by atoms with E-state index in [1.54, 1.807) is 0 Å². The minimum atomic E-state index is 0.378. The van der Waals surface area contributed by atoms with Gasteiger partial charge in [0.05, 0.1) is 0 Å². The van der Waals surface area contributed by atoms with E-state index >= 15 is 0 Å². The molecule has 0 saturated carbocycles. The van der Waals surface area contributed by atoms with Gasteiger partial charge in [-0.05, 0) is 40.0 Å². The van der Waals surface area contributed by atoms with Crippen LogP contribution in [0.25, 0.3) is 0 Å². The lowest BCUT2D eigenvalue weighted by Gasteiger charge is -2.04. The molecule has 0 radical (unpaired) electrons. The number of hydrogen-bond acceptors (Lipinski definition) is 1. The van der Waals surface area contributed by atoms with Gasteiger partial charge in [0.2, 0.25) is 0 Å². The molecule has 0 aliphatic carbocycles. The van der Waals surface area contributed by atoms with Crippen molar-refractivity contribution in [3.05, 3.63) is 23.3 Å². The van der Waals surface area contributed by atoms with E-state index in [2.05, 4.69) is 32.9 Å². The Hall–Kier alpha value is -0.850. The van der Waals surface area contributed by atoms with Crippen LogP contribution in [0.3, 0.4) is 0 Å². The largest absolute Gasteiger partial charge is 0.299 e. The first-order chi connectivity index (χ1) is 7.10. The minimum Gasteiger partial charge on any atom is -0.299 e. The van der Waals surface area contributed by atoms with E-state index in [1.807, 2.05) is 6.92 Å². The van der Waals surface area contributed by atoms with Gasteiger partial charge in [0.1, 0.15) is 5.78 Å². The molecule has 0 aliphatic rings. The summed E-state index contributed by atoms with van der Waals surface area (Å²) in [5.74, 6) is 0.378. The topological polar surface area (TPSA) is 17.1 Å². The summed E-state index contributed by atoms with van der Waals surface area (Å²) in [6, 6.07) is 0. The maximum Gasteiger partial charge on any atom is 0.136 e. The van der Waals surface area contributed by atoms with E-state index in [-0.39, 0.29) is 0 Å². The predicted octanol–water partition coefficient (Wildman–Crippen LogP) is 4.44. The maximum absolute atomic E-state index is 11.5. The number of ketones is 1. The van der Waals surface area contributed by atoms with Crippen molar-refractivity contribution < 1.29 is 4.79 Å². The number of carbonyl (C=O) groups excluding carboxylic acids is 1. The highest BCUT2D eigenvalue weighted by atomic mass is 16.1. The van der Waals surface area contributed by atoms with E-state index in [9.17, 15) is 4.79 Å². The molecule has 15 heavy (non-hydrogen) atoms. The van der Waals surface area contributed by atoms with Crippen LogP contribution in [-0.4, -0.2) is 5.78 Å². The van der Waals surface area contributed by atoms with Crippen molar-refractivity contribution >= 4 is 5.78 Å². The summed E-state index contributed by atoms with van der Waals surface area (Å²) in [6.45, 7) is 8.29. The second-order valence-corrected chi connectivity index (χ2v) is 4.23. The van der Waals surface area contributed by atoms with Crippen molar-refractivity contribution in [3.63, 3.8) is 0 Å². The standard InChI is InChI=1S/C14H24O/c1-5-8-14(15)11-13(6-2)10-7-9-12(3)4/h6,9H,5,7-8,10-11H2,1-4H3. The molecular formula is C14H24O. The van der Waals surface area contributed by atoms with E-state index in [4.69, 9.17) is 0 Å². The van der Waals surface area contributed by atoms with Gasteiger partial charge in [-0.15, -0.1) is 0 Å². The minimum absolute atomic E-state index is 0.378. The summed E-state index contributed by atoms with van der Waals surface area (Å²) >= 11 is 0. The second-order valence-electron chi connectivity index (χ2n) is 4.23. The van der Waals surface area contributed by atoms with Crippen LogP contribution in [-0.2, 0) is 4.79 Å². The lowest BCUT2D eigenvalue weighted by Crippen LogP contribution is -1.99. The molecule has 0 aromatic heterocycles. The van der Waals surface area contributed by atoms with Gasteiger partial charge in [-0.2, -0.15) is 0 Å². The molecule has 0 aromatic carbocycles. The Labute approximate surface area is 94.3 Å². The summed E-state index contributed by atoms with van der Waals surface area (Å²) in [7, 11) is 0. The molecule has 0 saturated heterocycles. The molecule has 0 fully saturated rings. The molecule has 86 valence electrons. The van der Waals surface area contributed by atoms with Crippen molar-refractivity contribution in [3.8, 4) is 0 Å². The third kappa shape index (κ3) is 8.17. The normalized spacial score (nSPS) is 11.3. The number of carbonyl (C=O) groups is 1. The molecule has 0 atom stereocenters. The summed E-state index contributed by atoms with van der Waals surface area (Å²) < 4.78 is 0. The summed E-state index contributed by atoms with van der Waals surface area (Å²) in [6.07, 6.45) is 8.74. The fraction of sp³-hybridized carbons (Fsp3) is 0.643. The highest BCUT2D eigenvalue weighted by Gasteiger charge is 2.03. The van der Waals surface area contributed by atoms with E-state index in [0.717, 1.165) is 25.7 Å². The van der Waals surface area contributed by atoms with Crippen LogP contribution in [0.1, 0.15) is 59.8 Å². The smallest absolute Gasteiger partial charge is 0.136 e. The second kappa shape index (κ2) is 8.46. The van der Waals surface area contributed by atoms with Crippen LogP contribution in [0.4, 0.5) is 0 Å². The van der Waals surface area contributed by atoms with Crippen LogP contribution < -0.4 is 0 Å². The van der Waals surface area contributed by atoms with Crippen molar-refractivity contribution in [2.75, 3.05) is 0 Å². The van der Waals surface area contributed by atoms with Gasteiger partial charge in [-0.1, -0.05) is 30.2 Å². The van der Waals surface area contributed by atoms with Gasteiger partial charge in [0, 0.05) is 12.8 Å². The van der Waals surface area contributed by atoms with E-state index in [1.165, 1.54) is 11.1 Å². The van der Waals surface area contributed by atoms with Crippen LogP contribution in [0, 0.1) is 0 Å². The zero-order valence-corrected chi connectivity index (χ0v) is 10.6. The van der Waals surface area contributed by atoms with Gasteiger partial charge in [-0.25, -0.2) is 0 Å². The van der Waals surface area contributed by atoms with Gasteiger partial charge in [-0.3, -0.25) is 4.79 Å². The molecule has 0 heterocycles. The van der Waals surface area contributed by atoms with Crippen LogP contribution >= 0.6 is 0 Å². The molecule has 0 rings (SSSR count). The fourth-order valence-electron chi connectivity index (χ4n) is 1.50. The average Bonchev–Trinajstić information content (AvgIpc) is 2.16. The van der Waals surface area contributed by atoms with E-state index < -0.39 is 0 Å². The van der Waals surface area contributed by atoms with Gasteiger partial charge in [0.15, 0.2) is 0 Å². The average molecular weight is 208 g/mol. The molecule has 0 spiro atoms. The Balaban J connectivity index is 3.95. The van der Waals surface area contributed by atoms with Gasteiger partial charge < -0.3 is 0 Å². The predicted molar refractivity (Wildman–Crippen MR) is 67.0 cm³/mol. The molecule has 0 N–H and O–H groups in total. The first kappa shape index (κ1) is 14.2. The van der Waals surface area contributed by atoms with Gasteiger partial charge >= 0.3 is 0 Å². The third-order valence-electron chi connectivity index (χ3n) is 2.38. The molecule has 0 aromatic rings. The van der Waals surface area contributed by atoms with E-state index in [0.29, 0.717) is 12.2 Å². The molecule has 0 bridgehead atoms. The number of Topliss-reactive ketones (excluding diaryl/α,β-unsaturated/α-hetero) is 1. The fourth-order valence-corrected chi connectivity index (χ4v) is 1.50. The lowest BCUT2D eigenvalue weighted by atomic mass is 10.0. The Morgan fingerprint density at radius 2 is 1.87 bits per heavy atom. The molecule has 0 amide bonds. The summed E-state index contributed by atoms with van der Waals surface area (Å²) in [5.41, 5.74) is 2.64. The van der Waals surface area contributed by atoms with Crippen LogP contribution in [0.5, 0.6) is 0 Å². The monoisotopic (exact) mass is 208 g/mol. The van der Waals surface area contributed by atoms with Crippen LogP contribution in [0.15, 0.2) is 23.3 Å². The Morgan fingerprint density at radius 3 is 2.33 bits per heavy atom. The molecule has 1 nitrogen and oxygen atoms in total. The summed E-state index contributed by atoms with van der Waals surface area (Å²) in [5, 5.41) is 0. The quantitative estimate of drug-likeness (QED) is 0.565. The Morgan fingerprint density at radius 1 is 1.20 bits per heavy atom. The molecular weight excluding hydrogens is 184 g/mol. The first-order valence-corrected chi connectivity index (χ1v) is 5.89. The highest BCUT2D eigenvalue weighted by molar-refractivity contribution is 5.80. The Kier molecular flexibility index (Phi) is 7.98. The van der Waals surface area contributed by atoms with Crippen molar-refractivity contribution in [1.29, 1.82) is 0 Å². The molecule has 1 heteroatoms. The zero-order valence-electron chi connectivity index (χ0n) is 10.6. The Bertz CT molecular complexity index is 242. The van der Waals surface area contributed by atoms with Crippen molar-refractivity contribution in [1.82, 2.24) is 0 Å². The van der Waals surface area contributed by atoms with Crippen molar-refractivity contribution in [2.45, 2.75) is 59.8 Å². The van der Waals surface area contributed by atoms with Crippen molar-refractivity contribution in [2.24, 2.45) is 0 Å². The molecule has 0 aliphatic heterocycles. The molecule has 0 unspecified atom stereocenters. The highest BCUT2D eigenvalue weighted by Crippen LogP contribution is 2.13. The number of hydrogen-bond donors (Lipinski definition) is 0. The third-order valence-corrected chi connectivity index (χ3v) is 2.38. The number of allylic oxidation sites excluding steroid dienone is 4. The zero-order chi connectivity index (χ0) is 11.7. The first-order valence-electron chi connectivity index (χ1n) is 5.89. The lowest BCUT2D eigenvalue weighted by molar-refractivity contribution is -0.118. The summed E-state index contributed by atoms with van der Waals surface area (Å²) in [4.78, 5) is 11.5. The maximum atomic E-state index is 11.5.